The lowest BCUT2D eigenvalue weighted by atomic mass is 10.0. The molecule has 0 bridgehead atoms. The third kappa shape index (κ3) is 2.82. The smallest absolute Gasteiger partial charge is 0.251 e. The van der Waals surface area contributed by atoms with Crippen LogP contribution in [0, 0.1) is 6.92 Å². The highest BCUT2D eigenvalue weighted by Crippen LogP contribution is 2.37. The first-order chi connectivity index (χ1) is 11.1. The van der Waals surface area contributed by atoms with Gasteiger partial charge in [0, 0.05) is 21.9 Å². The van der Waals surface area contributed by atoms with E-state index >= 15 is 0 Å². The van der Waals surface area contributed by atoms with Crippen LogP contribution >= 0.6 is 22.9 Å². The molecule has 0 aliphatic heterocycles. The lowest BCUT2D eigenvalue weighted by Gasteiger charge is -2.08. The van der Waals surface area contributed by atoms with Crippen LogP contribution in [-0.4, -0.2) is 22.1 Å². The molecule has 2 heterocycles. The first kappa shape index (κ1) is 14.6. The quantitative estimate of drug-likeness (QED) is 0.775. The van der Waals surface area contributed by atoms with Gasteiger partial charge in [0.05, 0.1) is 10.9 Å². The summed E-state index contributed by atoms with van der Waals surface area (Å²) in [5.41, 5.74) is 2.86. The fourth-order valence-electron chi connectivity index (χ4n) is 2.51. The van der Waals surface area contributed by atoms with E-state index in [1.165, 1.54) is 0 Å². The number of aromatic nitrogens is 2. The first-order valence-corrected chi connectivity index (χ1v) is 8.64. The third-order valence-corrected chi connectivity index (χ3v) is 5.54. The van der Waals surface area contributed by atoms with Crippen molar-refractivity contribution in [2.75, 3.05) is 0 Å². The summed E-state index contributed by atoms with van der Waals surface area (Å²) in [4.78, 5) is 13.3. The molecule has 116 valence electrons. The van der Waals surface area contributed by atoms with Crippen LogP contribution in [0.4, 0.5) is 0 Å². The minimum atomic E-state index is -0.00349. The van der Waals surface area contributed by atoms with E-state index in [1.54, 1.807) is 17.5 Å². The maximum Gasteiger partial charge on any atom is 0.251 e. The van der Waals surface area contributed by atoms with Crippen LogP contribution in [0.25, 0.3) is 20.5 Å². The summed E-state index contributed by atoms with van der Waals surface area (Å²) >= 11 is 7.69. The molecule has 23 heavy (non-hydrogen) atoms. The van der Waals surface area contributed by atoms with E-state index < -0.39 is 0 Å². The highest BCUT2D eigenvalue weighted by atomic mass is 35.5. The Kier molecular flexibility index (Phi) is 3.54. The topological polar surface area (TPSA) is 54.9 Å². The fraction of sp³-hybridized carbons (Fsp3) is 0.235. The average molecular weight is 344 g/mol. The number of halogens is 1. The summed E-state index contributed by atoms with van der Waals surface area (Å²) in [5.74, 6) is -0.00349. The van der Waals surface area contributed by atoms with Crippen molar-refractivity contribution in [2.45, 2.75) is 25.8 Å². The average Bonchev–Trinajstić information content (AvgIpc) is 3.23. The number of thiophene rings is 1. The maximum absolute atomic E-state index is 12.3. The van der Waals surface area contributed by atoms with E-state index in [2.05, 4.69) is 15.5 Å². The van der Waals surface area contributed by atoms with Crippen molar-refractivity contribution in [1.82, 2.24) is 15.5 Å². The van der Waals surface area contributed by atoms with Gasteiger partial charge in [0.1, 0.15) is 0 Å². The second-order valence-corrected chi connectivity index (χ2v) is 7.22. The Labute approximate surface area is 142 Å². The molecule has 0 unspecified atom stereocenters. The number of hydrogen-bond donors (Lipinski definition) is 1. The molecule has 6 heteroatoms. The number of rotatable bonds is 3. The van der Waals surface area contributed by atoms with Crippen molar-refractivity contribution in [1.29, 1.82) is 0 Å². The Hall–Kier alpha value is -1.98. The number of fused-ring (bicyclic) bond motifs is 1. The zero-order chi connectivity index (χ0) is 16.0. The van der Waals surface area contributed by atoms with Crippen LogP contribution in [0.1, 0.15) is 28.8 Å². The molecule has 2 aromatic heterocycles. The van der Waals surface area contributed by atoms with E-state index in [9.17, 15) is 4.79 Å². The lowest BCUT2D eigenvalue weighted by Crippen LogP contribution is -2.25. The van der Waals surface area contributed by atoms with E-state index in [0.717, 1.165) is 38.9 Å². The van der Waals surface area contributed by atoms with Crippen molar-refractivity contribution in [2.24, 2.45) is 0 Å². The predicted molar refractivity (Wildman–Crippen MR) is 93.1 cm³/mol. The minimum Gasteiger partial charge on any atom is -0.349 e. The Morgan fingerprint density at radius 1 is 1.35 bits per heavy atom. The molecule has 1 amide bonds. The second kappa shape index (κ2) is 5.58. The number of carbonyl (C=O) groups excluding carboxylic acids is 1. The van der Waals surface area contributed by atoms with Crippen LogP contribution in [0.5, 0.6) is 0 Å². The van der Waals surface area contributed by atoms with Gasteiger partial charge < -0.3 is 5.32 Å². The SMILES string of the molecule is Cc1ccc(C(=O)NC2CC2)cc1-c1cc2cnnc(Cl)c2s1. The van der Waals surface area contributed by atoms with E-state index in [-0.39, 0.29) is 5.91 Å². The van der Waals surface area contributed by atoms with Crippen LogP contribution in [-0.2, 0) is 0 Å². The minimum absolute atomic E-state index is 0.00349. The van der Waals surface area contributed by atoms with E-state index in [0.29, 0.717) is 16.8 Å². The summed E-state index contributed by atoms with van der Waals surface area (Å²) < 4.78 is 0.920. The molecular weight excluding hydrogens is 330 g/mol. The number of nitrogens with zero attached hydrogens (tertiary/aromatic N) is 2. The van der Waals surface area contributed by atoms with Crippen LogP contribution in [0.3, 0.4) is 0 Å². The Balaban J connectivity index is 1.76. The predicted octanol–water partition coefficient (Wildman–Crippen LogP) is 4.21. The number of amides is 1. The van der Waals surface area contributed by atoms with Crippen LogP contribution in [0.2, 0.25) is 5.15 Å². The van der Waals surface area contributed by atoms with Gasteiger partial charge in [-0.3, -0.25) is 4.79 Å². The van der Waals surface area contributed by atoms with Gasteiger partial charge in [-0.15, -0.1) is 16.4 Å². The number of carbonyl (C=O) groups is 1. The summed E-state index contributed by atoms with van der Waals surface area (Å²) in [6, 6.07) is 8.21. The highest BCUT2D eigenvalue weighted by molar-refractivity contribution is 7.22. The van der Waals surface area contributed by atoms with Crippen molar-refractivity contribution in [3.8, 4) is 10.4 Å². The summed E-state index contributed by atoms with van der Waals surface area (Å²) in [7, 11) is 0. The molecule has 1 aliphatic carbocycles. The van der Waals surface area contributed by atoms with Gasteiger partial charge in [0.15, 0.2) is 5.15 Å². The number of nitrogens with one attached hydrogen (secondary N) is 1. The first-order valence-electron chi connectivity index (χ1n) is 7.44. The van der Waals surface area contributed by atoms with Gasteiger partial charge >= 0.3 is 0 Å². The molecule has 0 spiro atoms. The summed E-state index contributed by atoms with van der Waals surface area (Å²) in [6.45, 7) is 2.04. The van der Waals surface area contributed by atoms with Crippen LogP contribution < -0.4 is 5.32 Å². The molecule has 0 atom stereocenters. The van der Waals surface area contributed by atoms with Gasteiger partial charge in [0.2, 0.25) is 0 Å². The van der Waals surface area contributed by atoms with Gasteiger partial charge in [-0.2, -0.15) is 5.10 Å². The number of hydrogen-bond acceptors (Lipinski definition) is 4. The Morgan fingerprint density at radius 2 is 2.17 bits per heavy atom. The zero-order valence-corrected chi connectivity index (χ0v) is 14.0. The summed E-state index contributed by atoms with van der Waals surface area (Å²) in [6.07, 6.45) is 3.87. The Morgan fingerprint density at radius 3 is 2.91 bits per heavy atom. The Bertz CT molecular complexity index is 917. The van der Waals surface area contributed by atoms with Crippen molar-refractivity contribution < 1.29 is 4.79 Å². The normalized spacial score (nSPS) is 14.2. The van der Waals surface area contributed by atoms with Crippen molar-refractivity contribution >= 4 is 38.9 Å². The van der Waals surface area contributed by atoms with Gasteiger partial charge in [0.25, 0.3) is 5.91 Å². The molecule has 4 rings (SSSR count). The van der Waals surface area contributed by atoms with E-state index in [1.807, 2.05) is 31.2 Å². The molecule has 1 aromatic carbocycles. The largest absolute Gasteiger partial charge is 0.349 e. The van der Waals surface area contributed by atoms with Gasteiger partial charge in [-0.1, -0.05) is 17.7 Å². The summed E-state index contributed by atoms with van der Waals surface area (Å²) in [5, 5.41) is 12.2. The number of aryl methyl sites for hydroxylation is 1. The zero-order valence-electron chi connectivity index (χ0n) is 12.5. The molecule has 3 aromatic rings. The van der Waals surface area contributed by atoms with Gasteiger partial charge in [-0.25, -0.2) is 0 Å². The van der Waals surface area contributed by atoms with E-state index in [4.69, 9.17) is 11.6 Å². The molecule has 4 nitrogen and oxygen atoms in total. The van der Waals surface area contributed by atoms with Crippen molar-refractivity contribution in [3.05, 3.63) is 46.7 Å². The molecule has 1 N–H and O–H groups in total. The fourth-order valence-corrected chi connectivity index (χ4v) is 3.87. The van der Waals surface area contributed by atoms with Gasteiger partial charge in [-0.05, 0) is 49.1 Å². The molecule has 1 aliphatic rings. The molecule has 1 saturated carbocycles. The van der Waals surface area contributed by atoms with Crippen LogP contribution in [0.15, 0.2) is 30.5 Å². The second-order valence-electron chi connectivity index (χ2n) is 5.81. The standard InChI is InChI=1S/C17H14ClN3OS/c1-9-2-3-10(17(22)20-12-4-5-12)6-13(9)14-7-11-8-19-21-16(18)15(11)23-14/h2-3,6-8,12H,4-5H2,1H3,(H,20,22). The maximum atomic E-state index is 12.3. The molecule has 0 radical (unpaired) electrons. The highest BCUT2D eigenvalue weighted by Gasteiger charge is 2.24. The lowest BCUT2D eigenvalue weighted by molar-refractivity contribution is 0.0951. The molecular formula is C17H14ClN3OS. The van der Waals surface area contributed by atoms with Crippen molar-refractivity contribution in [3.63, 3.8) is 0 Å². The monoisotopic (exact) mass is 343 g/mol. The molecule has 1 fully saturated rings. The third-order valence-electron chi connectivity index (χ3n) is 3.97. The number of benzene rings is 1. The molecule has 0 saturated heterocycles.